The minimum Gasteiger partial charge on any atom is -0.339 e. The minimum atomic E-state index is -0.425. The fraction of sp³-hybridized carbons (Fsp3) is 0.533. The van der Waals surface area contributed by atoms with Crippen LogP contribution >= 0.6 is 0 Å². The highest BCUT2D eigenvalue weighted by Gasteiger charge is 2.20. The summed E-state index contributed by atoms with van der Waals surface area (Å²) in [5.74, 6) is 0.0162. The fourth-order valence-electron chi connectivity index (χ4n) is 2.16. The summed E-state index contributed by atoms with van der Waals surface area (Å²) in [7, 11) is 1.73. The zero-order valence-electron chi connectivity index (χ0n) is 13.0. The summed E-state index contributed by atoms with van der Waals surface area (Å²) in [5.41, 5.74) is 0.803. The summed E-state index contributed by atoms with van der Waals surface area (Å²) < 4.78 is 0. The molecule has 1 aromatic carbocycles. The molecule has 0 bridgehead atoms. The lowest BCUT2D eigenvalue weighted by molar-refractivity contribution is -0.384. The van der Waals surface area contributed by atoms with Crippen molar-refractivity contribution in [1.82, 2.24) is 10.2 Å². The zero-order chi connectivity index (χ0) is 16.0. The van der Waals surface area contributed by atoms with E-state index in [0.717, 1.165) is 12.1 Å². The summed E-state index contributed by atoms with van der Waals surface area (Å²) in [6, 6.07) is 6.32. The summed E-state index contributed by atoms with van der Waals surface area (Å²) in [4.78, 5) is 24.2. The predicted molar refractivity (Wildman–Crippen MR) is 82.0 cm³/mol. The van der Waals surface area contributed by atoms with Crippen molar-refractivity contribution in [1.29, 1.82) is 0 Å². The third kappa shape index (κ3) is 4.82. The molecule has 116 valence electrons. The van der Waals surface area contributed by atoms with Gasteiger partial charge in [-0.3, -0.25) is 14.9 Å². The van der Waals surface area contributed by atoms with Crippen LogP contribution in [-0.2, 0) is 4.79 Å². The Morgan fingerprint density at radius 2 is 2.10 bits per heavy atom. The summed E-state index contributed by atoms with van der Waals surface area (Å²) in [6.07, 6.45) is 0.406. The first kappa shape index (κ1) is 17.1. The van der Waals surface area contributed by atoms with E-state index in [-0.39, 0.29) is 23.7 Å². The van der Waals surface area contributed by atoms with Gasteiger partial charge in [-0.05, 0) is 26.0 Å². The molecule has 0 radical (unpaired) electrons. The summed E-state index contributed by atoms with van der Waals surface area (Å²) in [6.45, 7) is 6.65. The second kappa shape index (κ2) is 7.73. The molecule has 2 atom stereocenters. The number of nitrogens with zero attached hydrogens (tertiary/aromatic N) is 2. The maximum atomic E-state index is 12.2. The maximum Gasteiger partial charge on any atom is 0.269 e. The normalized spacial score (nSPS) is 13.5. The molecule has 6 nitrogen and oxygen atoms in total. The van der Waals surface area contributed by atoms with Crippen LogP contribution in [0, 0.1) is 10.1 Å². The van der Waals surface area contributed by atoms with Crippen molar-refractivity contribution in [3.05, 3.63) is 39.9 Å². The molecule has 1 amide bonds. The van der Waals surface area contributed by atoms with E-state index in [1.54, 1.807) is 24.1 Å². The molecule has 0 saturated carbocycles. The van der Waals surface area contributed by atoms with Crippen LogP contribution in [-0.4, -0.2) is 35.4 Å². The molecule has 0 aliphatic heterocycles. The van der Waals surface area contributed by atoms with Crippen molar-refractivity contribution in [3.8, 4) is 0 Å². The number of nitro groups is 1. The smallest absolute Gasteiger partial charge is 0.269 e. The van der Waals surface area contributed by atoms with Crippen LogP contribution in [0.15, 0.2) is 24.3 Å². The molecule has 0 aliphatic carbocycles. The van der Waals surface area contributed by atoms with E-state index in [1.165, 1.54) is 12.1 Å². The monoisotopic (exact) mass is 293 g/mol. The van der Waals surface area contributed by atoms with Gasteiger partial charge in [-0.2, -0.15) is 0 Å². The van der Waals surface area contributed by atoms with E-state index in [1.807, 2.05) is 20.8 Å². The number of carbonyl (C=O) groups excluding carboxylic acids is 1. The van der Waals surface area contributed by atoms with Gasteiger partial charge in [-0.25, -0.2) is 0 Å². The van der Waals surface area contributed by atoms with Gasteiger partial charge in [0, 0.05) is 31.6 Å². The lowest BCUT2D eigenvalue weighted by Gasteiger charge is -2.26. The van der Waals surface area contributed by atoms with Gasteiger partial charge in [-0.15, -0.1) is 0 Å². The molecule has 1 N–H and O–H groups in total. The summed E-state index contributed by atoms with van der Waals surface area (Å²) in [5, 5.41) is 14.0. The molecule has 2 unspecified atom stereocenters. The molecule has 1 rings (SSSR count). The number of nitro benzene ring substituents is 1. The van der Waals surface area contributed by atoms with E-state index in [4.69, 9.17) is 0 Å². The van der Waals surface area contributed by atoms with Crippen molar-refractivity contribution >= 4 is 11.6 Å². The highest BCUT2D eigenvalue weighted by molar-refractivity contribution is 5.77. The van der Waals surface area contributed by atoms with Gasteiger partial charge >= 0.3 is 0 Å². The third-order valence-corrected chi connectivity index (χ3v) is 3.57. The number of hydrogen-bond donors (Lipinski definition) is 1. The van der Waals surface area contributed by atoms with E-state index >= 15 is 0 Å². The Labute approximate surface area is 125 Å². The van der Waals surface area contributed by atoms with Crippen LogP contribution in [0.1, 0.15) is 38.8 Å². The fourth-order valence-corrected chi connectivity index (χ4v) is 2.16. The van der Waals surface area contributed by atoms with E-state index in [2.05, 4.69) is 5.32 Å². The largest absolute Gasteiger partial charge is 0.339 e. The van der Waals surface area contributed by atoms with Gasteiger partial charge in [-0.1, -0.05) is 19.1 Å². The highest BCUT2D eigenvalue weighted by atomic mass is 16.6. The maximum absolute atomic E-state index is 12.2. The summed E-state index contributed by atoms with van der Waals surface area (Å²) >= 11 is 0. The Bertz CT molecular complexity index is 505. The zero-order valence-corrected chi connectivity index (χ0v) is 13.0. The number of carbonyl (C=O) groups is 1. The molecule has 0 saturated heterocycles. The van der Waals surface area contributed by atoms with Gasteiger partial charge in [0.15, 0.2) is 0 Å². The third-order valence-electron chi connectivity index (χ3n) is 3.57. The Kier molecular flexibility index (Phi) is 6.30. The lowest BCUT2D eigenvalue weighted by Crippen LogP contribution is -2.36. The standard InChI is InChI=1S/C15H23N3O3/c1-5-16-11(2)9-15(19)17(4)12(3)13-7-6-8-14(10-13)18(20)21/h6-8,10-12,16H,5,9H2,1-4H3. The van der Waals surface area contributed by atoms with Gasteiger partial charge in [0.25, 0.3) is 5.69 Å². The second-order valence-corrected chi connectivity index (χ2v) is 5.20. The number of non-ortho nitro benzene ring substituents is 1. The van der Waals surface area contributed by atoms with Crippen molar-refractivity contribution in [2.45, 2.75) is 39.3 Å². The van der Waals surface area contributed by atoms with Crippen LogP contribution in [0.5, 0.6) is 0 Å². The average Bonchev–Trinajstić information content (AvgIpc) is 2.45. The van der Waals surface area contributed by atoms with Crippen molar-refractivity contribution < 1.29 is 9.72 Å². The molecule has 0 heterocycles. The molecule has 0 aliphatic rings. The van der Waals surface area contributed by atoms with Crippen LogP contribution < -0.4 is 5.32 Å². The Morgan fingerprint density at radius 3 is 2.67 bits per heavy atom. The van der Waals surface area contributed by atoms with Gasteiger partial charge in [0.1, 0.15) is 0 Å². The van der Waals surface area contributed by atoms with Crippen molar-refractivity contribution in [2.75, 3.05) is 13.6 Å². The SMILES string of the molecule is CCNC(C)CC(=O)N(C)C(C)c1cccc([N+](=O)[O-])c1. The van der Waals surface area contributed by atoms with E-state index in [0.29, 0.717) is 6.42 Å². The number of hydrogen-bond acceptors (Lipinski definition) is 4. The number of amides is 1. The van der Waals surface area contributed by atoms with Crippen LogP contribution in [0.4, 0.5) is 5.69 Å². The lowest BCUT2D eigenvalue weighted by atomic mass is 10.1. The van der Waals surface area contributed by atoms with Crippen LogP contribution in [0.2, 0.25) is 0 Å². The molecule has 0 spiro atoms. The van der Waals surface area contributed by atoms with Crippen molar-refractivity contribution in [3.63, 3.8) is 0 Å². The average molecular weight is 293 g/mol. The second-order valence-electron chi connectivity index (χ2n) is 5.20. The first-order valence-electron chi connectivity index (χ1n) is 7.10. The first-order valence-corrected chi connectivity index (χ1v) is 7.10. The predicted octanol–water partition coefficient (Wildman–Crippen LogP) is 2.50. The van der Waals surface area contributed by atoms with Crippen molar-refractivity contribution in [2.24, 2.45) is 0 Å². The quantitative estimate of drug-likeness (QED) is 0.619. The van der Waals surface area contributed by atoms with E-state index in [9.17, 15) is 14.9 Å². The number of nitrogens with one attached hydrogen (secondary N) is 1. The Balaban J connectivity index is 2.77. The molecule has 0 aromatic heterocycles. The Hall–Kier alpha value is -1.95. The molecule has 6 heteroatoms. The molecule has 0 fully saturated rings. The molecular formula is C15H23N3O3. The van der Waals surface area contributed by atoms with Gasteiger partial charge in [0.2, 0.25) is 5.91 Å². The van der Waals surface area contributed by atoms with Gasteiger partial charge < -0.3 is 10.2 Å². The Morgan fingerprint density at radius 1 is 1.43 bits per heavy atom. The molecule has 1 aromatic rings. The minimum absolute atomic E-state index is 0.0162. The van der Waals surface area contributed by atoms with E-state index < -0.39 is 4.92 Å². The first-order chi connectivity index (χ1) is 9.86. The number of benzene rings is 1. The molecular weight excluding hydrogens is 270 g/mol. The van der Waals surface area contributed by atoms with Crippen LogP contribution in [0.3, 0.4) is 0 Å². The number of rotatable bonds is 7. The molecule has 21 heavy (non-hydrogen) atoms. The highest BCUT2D eigenvalue weighted by Crippen LogP contribution is 2.23. The van der Waals surface area contributed by atoms with Gasteiger partial charge in [0.05, 0.1) is 11.0 Å². The van der Waals surface area contributed by atoms with Crippen LogP contribution in [0.25, 0.3) is 0 Å². The topological polar surface area (TPSA) is 75.5 Å².